The summed E-state index contributed by atoms with van der Waals surface area (Å²) in [4.78, 5) is 10.6. The fraction of sp³-hybridized carbons (Fsp3) is 0. The zero-order chi connectivity index (χ0) is 16.7. The number of nitrogens with zero attached hydrogens (tertiary/aromatic N) is 2. The number of aromatic nitrogens is 2. The summed E-state index contributed by atoms with van der Waals surface area (Å²) < 4.78 is 5.68. The number of H-pyrrole nitrogens is 1. The SMILES string of the molecule is O=[N+]([O-])c1cccc2cc(-c3cc(-c4ccccc4Cl)n[nH]3)oc12. The highest BCUT2D eigenvalue weighted by Gasteiger charge is 2.18. The minimum Gasteiger partial charge on any atom is -0.447 e. The normalized spacial score (nSPS) is 11.0. The number of benzene rings is 2. The van der Waals surface area contributed by atoms with Gasteiger partial charge in [0, 0.05) is 17.0 Å². The van der Waals surface area contributed by atoms with E-state index in [4.69, 9.17) is 16.0 Å². The molecule has 6 nitrogen and oxygen atoms in total. The summed E-state index contributed by atoms with van der Waals surface area (Å²) in [5.74, 6) is 0.477. The number of aromatic amines is 1. The van der Waals surface area contributed by atoms with E-state index in [-0.39, 0.29) is 11.3 Å². The van der Waals surface area contributed by atoms with E-state index in [0.717, 1.165) is 5.56 Å². The maximum Gasteiger partial charge on any atom is 0.312 e. The Labute approximate surface area is 140 Å². The molecule has 0 bridgehead atoms. The van der Waals surface area contributed by atoms with Crippen molar-refractivity contribution in [3.63, 3.8) is 0 Å². The summed E-state index contributed by atoms with van der Waals surface area (Å²) >= 11 is 6.18. The van der Waals surface area contributed by atoms with Crippen LogP contribution in [-0.4, -0.2) is 15.1 Å². The minimum atomic E-state index is -0.461. The number of nitrogens with one attached hydrogen (secondary N) is 1. The summed E-state index contributed by atoms with van der Waals surface area (Å²) in [6.45, 7) is 0. The van der Waals surface area contributed by atoms with Gasteiger partial charge in [0.2, 0.25) is 5.58 Å². The summed E-state index contributed by atoms with van der Waals surface area (Å²) in [5, 5.41) is 19.5. The van der Waals surface area contributed by atoms with Gasteiger partial charge in [0.1, 0.15) is 5.69 Å². The van der Waals surface area contributed by atoms with Crippen LogP contribution >= 0.6 is 11.6 Å². The van der Waals surface area contributed by atoms with Gasteiger partial charge >= 0.3 is 5.69 Å². The lowest BCUT2D eigenvalue weighted by molar-refractivity contribution is -0.383. The van der Waals surface area contributed by atoms with Crippen LogP contribution in [0.3, 0.4) is 0 Å². The highest BCUT2D eigenvalue weighted by atomic mass is 35.5. The third kappa shape index (κ3) is 2.33. The molecule has 118 valence electrons. The summed E-state index contributed by atoms with van der Waals surface area (Å²) in [6, 6.07) is 15.7. The van der Waals surface area contributed by atoms with Gasteiger partial charge in [0.25, 0.3) is 0 Å². The first kappa shape index (κ1) is 14.5. The van der Waals surface area contributed by atoms with E-state index >= 15 is 0 Å². The zero-order valence-electron chi connectivity index (χ0n) is 12.2. The highest BCUT2D eigenvalue weighted by Crippen LogP contribution is 2.34. The standard InChI is InChI=1S/C17H10ClN3O3/c18-12-6-2-1-5-11(12)13-9-14(20-19-13)16-8-10-4-3-7-15(21(22)23)17(10)24-16/h1-9H,(H,19,20). The van der Waals surface area contributed by atoms with Gasteiger partial charge in [-0.25, -0.2) is 0 Å². The van der Waals surface area contributed by atoms with Gasteiger partial charge in [-0.15, -0.1) is 0 Å². The third-order valence-corrected chi connectivity index (χ3v) is 4.04. The molecule has 0 fully saturated rings. The zero-order valence-corrected chi connectivity index (χ0v) is 12.9. The van der Waals surface area contributed by atoms with Gasteiger partial charge in [0.05, 0.1) is 15.6 Å². The van der Waals surface area contributed by atoms with E-state index in [0.29, 0.717) is 27.6 Å². The average Bonchev–Trinajstić information content (AvgIpc) is 3.21. The van der Waals surface area contributed by atoms with Crippen molar-refractivity contribution in [2.24, 2.45) is 0 Å². The van der Waals surface area contributed by atoms with E-state index in [1.165, 1.54) is 6.07 Å². The number of nitro groups is 1. The van der Waals surface area contributed by atoms with Crippen molar-refractivity contribution in [3.05, 3.63) is 69.7 Å². The Kier molecular flexibility index (Phi) is 3.32. The van der Waals surface area contributed by atoms with Crippen molar-refractivity contribution in [3.8, 4) is 22.7 Å². The van der Waals surface area contributed by atoms with Gasteiger partial charge in [-0.1, -0.05) is 41.9 Å². The average molecular weight is 340 g/mol. The number of hydrogen-bond acceptors (Lipinski definition) is 4. The minimum absolute atomic E-state index is 0.0652. The molecule has 2 aromatic carbocycles. The molecule has 1 N–H and O–H groups in total. The molecular weight excluding hydrogens is 330 g/mol. The number of nitro benzene ring substituents is 1. The lowest BCUT2D eigenvalue weighted by atomic mass is 10.1. The quantitative estimate of drug-likeness (QED) is 0.418. The Bertz CT molecular complexity index is 1070. The molecule has 4 aromatic rings. The third-order valence-electron chi connectivity index (χ3n) is 3.71. The lowest BCUT2D eigenvalue weighted by Crippen LogP contribution is -1.86. The first-order valence-electron chi connectivity index (χ1n) is 7.11. The fourth-order valence-corrected chi connectivity index (χ4v) is 2.81. The monoisotopic (exact) mass is 339 g/mol. The van der Waals surface area contributed by atoms with Crippen LogP contribution in [-0.2, 0) is 0 Å². The molecule has 7 heteroatoms. The number of rotatable bonds is 3. The maximum atomic E-state index is 11.1. The van der Waals surface area contributed by atoms with Crippen molar-refractivity contribution in [1.82, 2.24) is 10.2 Å². The Hall–Kier alpha value is -3.12. The number of fused-ring (bicyclic) bond motifs is 1. The number of furan rings is 1. The Balaban J connectivity index is 1.80. The Morgan fingerprint density at radius 2 is 1.96 bits per heavy atom. The molecule has 0 aliphatic heterocycles. The van der Waals surface area contributed by atoms with Crippen LogP contribution in [0, 0.1) is 10.1 Å². The van der Waals surface area contributed by atoms with Crippen LogP contribution < -0.4 is 0 Å². The Morgan fingerprint density at radius 1 is 1.12 bits per heavy atom. The van der Waals surface area contributed by atoms with Gasteiger partial charge < -0.3 is 4.42 Å². The smallest absolute Gasteiger partial charge is 0.312 e. The van der Waals surface area contributed by atoms with Crippen LogP contribution in [0.5, 0.6) is 0 Å². The first-order chi connectivity index (χ1) is 11.6. The largest absolute Gasteiger partial charge is 0.447 e. The van der Waals surface area contributed by atoms with Gasteiger partial charge in [-0.3, -0.25) is 15.2 Å². The molecule has 2 heterocycles. The van der Waals surface area contributed by atoms with Gasteiger partial charge in [-0.05, 0) is 18.2 Å². The molecule has 0 atom stereocenters. The fourth-order valence-electron chi connectivity index (χ4n) is 2.58. The van der Waals surface area contributed by atoms with Crippen LogP contribution in [0.1, 0.15) is 0 Å². The van der Waals surface area contributed by atoms with Crippen molar-refractivity contribution in [1.29, 1.82) is 0 Å². The van der Waals surface area contributed by atoms with E-state index in [1.807, 2.05) is 18.2 Å². The van der Waals surface area contributed by atoms with E-state index in [1.54, 1.807) is 30.3 Å². The van der Waals surface area contributed by atoms with Crippen molar-refractivity contribution in [2.45, 2.75) is 0 Å². The predicted molar refractivity (Wildman–Crippen MR) is 90.9 cm³/mol. The van der Waals surface area contributed by atoms with Crippen LogP contribution in [0.25, 0.3) is 33.7 Å². The predicted octanol–water partition coefficient (Wildman–Crippen LogP) is 5.05. The van der Waals surface area contributed by atoms with Crippen molar-refractivity contribution >= 4 is 28.3 Å². The second-order valence-corrected chi connectivity index (χ2v) is 5.62. The molecule has 0 aliphatic rings. The van der Waals surface area contributed by atoms with E-state index in [9.17, 15) is 10.1 Å². The summed E-state index contributed by atoms with van der Waals surface area (Å²) in [6.07, 6.45) is 0. The molecule has 4 rings (SSSR count). The number of non-ortho nitro benzene ring substituents is 1. The molecule has 24 heavy (non-hydrogen) atoms. The number of hydrogen-bond donors (Lipinski definition) is 1. The molecule has 0 unspecified atom stereocenters. The van der Waals surface area contributed by atoms with Crippen molar-refractivity contribution < 1.29 is 9.34 Å². The van der Waals surface area contributed by atoms with Crippen molar-refractivity contribution in [2.75, 3.05) is 0 Å². The van der Waals surface area contributed by atoms with E-state index < -0.39 is 4.92 Å². The highest BCUT2D eigenvalue weighted by molar-refractivity contribution is 6.33. The van der Waals surface area contributed by atoms with Crippen LogP contribution in [0.4, 0.5) is 5.69 Å². The number of halogens is 1. The molecule has 2 aromatic heterocycles. The first-order valence-corrected chi connectivity index (χ1v) is 7.49. The van der Waals surface area contributed by atoms with Gasteiger partial charge in [-0.2, -0.15) is 5.10 Å². The molecule has 0 saturated heterocycles. The summed E-state index contributed by atoms with van der Waals surface area (Å²) in [5.41, 5.74) is 2.26. The second-order valence-electron chi connectivity index (χ2n) is 5.21. The Morgan fingerprint density at radius 3 is 2.75 bits per heavy atom. The molecule has 0 aliphatic carbocycles. The molecule has 0 saturated carbocycles. The lowest BCUT2D eigenvalue weighted by Gasteiger charge is -1.97. The second kappa shape index (κ2) is 5.50. The molecular formula is C17H10ClN3O3. The van der Waals surface area contributed by atoms with Crippen LogP contribution in [0.15, 0.2) is 59.0 Å². The maximum absolute atomic E-state index is 11.1. The molecule has 0 spiro atoms. The van der Waals surface area contributed by atoms with E-state index in [2.05, 4.69) is 10.2 Å². The number of para-hydroxylation sites is 1. The topological polar surface area (TPSA) is 85.0 Å². The molecule has 0 amide bonds. The summed E-state index contributed by atoms with van der Waals surface area (Å²) in [7, 11) is 0. The van der Waals surface area contributed by atoms with Crippen LogP contribution in [0.2, 0.25) is 5.02 Å². The molecule has 0 radical (unpaired) electrons. The van der Waals surface area contributed by atoms with Gasteiger partial charge in [0.15, 0.2) is 5.76 Å².